The molecule has 8 atom stereocenters. The molecule has 79 heavy (non-hydrogen) atoms. The first-order valence-electron chi connectivity index (χ1n) is 26.7. The molecule has 11 N–H and O–H groups in total. The number of carboxylic acid groups (broad SMARTS) is 1. The molecule has 0 aromatic heterocycles. The number of phenolic OH excluding ortho intramolecular Hbond substituents is 1. The van der Waals surface area contributed by atoms with Gasteiger partial charge in [-0.3, -0.25) is 33.6 Å². The van der Waals surface area contributed by atoms with Crippen LogP contribution in [0.3, 0.4) is 0 Å². The number of hydrogen-bond donors (Lipinski definition) is 10. The number of urea groups is 1. The third-order valence-corrected chi connectivity index (χ3v) is 15.5. The van der Waals surface area contributed by atoms with Crippen molar-refractivity contribution in [1.82, 2.24) is 42.1 Å². The van der Waals surface area contributed by atoms with Crippen molar-refractivity contribution in [3.63, 3.8) is 0 Å². The molecule has 3 aliphatic rings. The second-order valence-corrected chi connectivity index (χ2v) is 21.1. The van der Waals surface area contributed by atoms with Gasteiger partial charge in [0.25, 0.3) is 0 Å². The van der Waals surface area contributed by atoms with Gasteiger partial charge in [0.15, 0.2) is 0 Å². The maximum Gasteiger partial charge on any atom is 0.315 e. The van der Waals surface area contributed by atoms with Crippen molar-refractivity contribution in [2.24, 2.45) is 5.73 Å². The Bertz CT molecular complexity index is 2710. The SMILES string of the molecule is N[C@@H](Cc1ccc(O)cc1)C(=O)N1Cc2ccccc2C[C@H]1C(=O)N[C@@H](Cc1ccccc1)C(=O)N[C@@H](Cc1ccccc1)C(=O)N[C@@H](CC(=O)O)C(=O)NCCOCCOCCNC(=O)CCCC[C@@H]1SC[C@@H]2NC(=O)N[C@@H]21. The van der Waals surface area contributed by atoms with Crippen molar-refractivity contribution in [2.45, 2.75) is 112 Å². The number of amides is 8. The smallest absolute Gasteiger partial charge is 0.315 e. The Labute approximate surface area is 463 Å². The summed E-state index contributed by atoms with van der Waals surface area (Å²) in [6.45, 7) is 1.06. The highest BCUT2D eigenvalue weighted by molar-refractivity contribution is 8.00. The number of fused-ring (bicyclic) bond motifs is 2. The van der Waals surface area contributed by atoms with Crippen molar-refractivity contribution in [3.05, 3.63) is 137 Å². The Morgan fingerprint density at radius 3 is 1.90 bits per heavy atom. The summed E-state index contributed by atoms with van der Waals surface area (Å²) >= 11 is 1.85. The fraction of sp³-hybridized carbons (Fsp3) is 0.439. The molecule has 2 fully saturated rings. The molecule has 0 saturated carbocycles. The van der Waals surface area contributed by atoms with Crippen LogP contribution in [0.2, 0.25) is 0 Å². The molecule has 22 heteroatoms. The number of rotatable bonds is 30. The number of benzene rings is 4. The van der Waals surface area contributed by atoms with E-state index in [0.717, 1.165) is 36.1 Å². The number of unbranched alkanes of at least 4 members (excludes halogenated alkanes) is 1. The number of carbonyl (C=O) groups excluding carboxylic acids is 7. The summed E-state index contributed by atoms with van der Waals surface area (Å²) in [6, 6.07) is 25.3. The van der Waals surface area contributed by atoms with Gasteiger partial charge < -0.3 is 67.5 Å². The van der Waals surface area contributed by atoms with Crippen LogP contribution in [0.5, 0.6) is 5.75 Å². The number of nitrogens with two attached hydrogens (primary N) is 1. The molecule has 3 heterocycles. The Morgan fingerprint density at radius 2 is 1.25 bits per heavy atom. The Hall–Kier alpha value is -7.53. The molecule has 4 aromatic rings. The molecule has 4 aromatic carbocycles. The minimum Gasteiger partial charge on any atom is -0.508 e. The number of phenols is 1. The predicted molar refractivity (Wildman–Crippen MR) is 294 cm³/mol. The van der Waals surface area contributed by atoms with E-state index in [9.17, 15) is 48.6 Å². The van der Waals surface area contributed by atoms with Crippen LogP contribution in [0, 0.1) is 0 Å². The molecule has 0 bridgehead atoms. The standard InChI is InChI=1S/C57H71N9O12S/c58-42(29-38-19-21-41(67)22-20-38)56(75)66-34-40-16-8-7-15-39(40)32-47(66)55(74)63-44(31-37-13-5-2-6-14-37)54(73)61-43(30-36-11-3-1-4-12-36)53(72)62-45(33-50(69)70)52(71)60-24-26-78-28-27-77-25-23-59-49(68)18-10-9-17-48-51-46(35-79-48)64-57(76)65-51/h1-8,11-16,19-22,42-48,51,67H,9-10,17-18,23-35,58H2,(H,59,68)(H,60,71)(H,61,73)(H,62,72)(H,63,74)(H,69,70)(H2,64,65,76)/t42-,43-,44-,45-,46-,47-,48-,51-/m0/s1. The quantitative estimate of drug-likeness (QED) is 0.0262. The maximum absolute atomic E-state index is 14.6. The summed E-state index contributed by atoms with van der Waals surface area (Å²) in [7, 11) is 0. The molecule has 2 saturated heterocycles. The van der Waals surface area contributed by atoms with Crippen LogP contribution >= 0.6 is 11.8 Å². The van der Waals surface area contributed by atoms with E-state index in [1.54, 1.807) is 72.8 Å². The molecular weight excluding hydrogens is 1030 g/mol. The normalized spacial score (nSPS) is 18.7. The van der Waals surface area contributed by atoms with E-state index in [4.69, 9.17) is 15.2 Å². The van der Waals surface area contributed by atoms with Gasteiger partial charge >= 0.3 is 12.0 Å². The number of carboxylic acids is 1. The zero-order valence-corrected chi connectivity index (χ0v) is 44.8. The van der Waals surface area contributed by atoms with Crippen LogP contribution in [0.4, 0.5) is 4.79 Å². The monoisotopic (exact) mass is 1110 g/mol. The van der Waals surface area contributed by atoms with Crippen LogP contribution < -0.4 is 43.0 Å². The Morgan fingerprint density at radius 1 is 0.671 bits per heavy atom. The first kappa shape index (κ1) is 59.1. The van der Waals surface area contributed by atoms with Gasteiger partial charge in [-0.05, 0) is 59.2 Å². The van der Waals surface area contributed by atoms with Gasteiger partial charge in [-0.25, -0.2) is 4.79 Å². The van der Waals surface area contributed by atoms with Crippen molar-refractivity contribution < 1.29 is 58.0 Å². The van der Waals surface area contributed by atoms with E-state index in [1.165, 1.54) is 17.0 Å². The second kappa shape index (κ2) is 30.0. The molecule has 7 rings (SSSR count). The molecule has 0 aliphatic carbocycles. The highest BCUT2D eigenvalue weighted by Gasteiger charge is 2.43. The molecule has 0 radical (unpaired) electrons. The summed E-state index contributed by atoms with van der Waals surface area (Å²) in [5, 5.41) is 39.5. The van der Waals surface area contributed by atoms with Crippen LogP contribution in [-0.4, -0.2) is 155 Å². The summed E-state index contributed by atoms with van der Waals surface area (Å²) < 4.78 is 11.1. The van der Waals surface area contributed by atoms with E-state index in [1.807, 2.05) is 36.0 Å². The molecule has 0 spiro atoms. The average Bonchev–Trinajstić information content (AvgIpc) is 4.09. The number of nitrogens with one attached hydrogen (secondary N) is 7. The fourth-order valence-electron chi connectivity index (χ4n) is 9.81. The largest absolute Gasteiger partial charge is 0.508 e. The third kappa shape index (κ3) is 18.3. The van der Waals surface area contributed by atoms with Crippen molar-refractivity contribution in [1.29, 1.82) is 0 Å². The van der Waals surface area contributed by atoms with Crippen molar-refractivity contribution in [3.8, 4) is 5.75 Å². The number of nitrogens with zero attached hydrogens (tertiary/aromatic N) is 1. The number of hydrogen-bond acceptors (Lipinski definition) is 13. The summed E-state index contributed by atoms with van der Waals surface area (Å²) in [5.41, 5.74) is 10.2. The van der Waals surface area contributed by atoms with Gasteiger partial charge in [-0.15, -0.1) is 0 Å². The third-order valence-electron chi connectivity index (χ3n) is 14.0. The van der Waals surface area contributed by atoms with Crippen LogP contribution in [0.15, 0.2) is 109 Å². The lowest BCUT2D eigenvalue weighted by atomic mass is 9.92. The lowest BCUT2D eigenvalue weighted by Crippen LogP contribution is -2.61. The number of ether oxygens (including phenoxy) is 2. The van der Waals surface area contributed by atoms with Crippen LogP contribution in [0.25, 0.3) is 0 Å². The lowest BCUT2D eigenvalue weighted by molar-refractivity contribution is -0.144. The van der Waals surface area contributed by atoms with Crippen molar-refractivity contribution in [2.75, 3.05) is 45.3 Å². The summed E-state index contributed by atoms with van der Waals surface area (Å²) in [5.74, 6) is -4.01. The lowest BCUT2D eigenvalue weighted by Gasteiger charge is -2.38. The first-order valence-corrected chi connectivity index (χ1v) is 27.8. The van der Waals surface area contributed by atoms with E-state index in [-0.39, 0.29) is 95.0 Å². The van der Waals surface area contributed by atoms with Gasteiger partial charge in [-0.2, -0.15) is 11.8 Å². The minimum absolute atomic E-state index is 0.0169. The molecular formula is C57H71N9O12S. The number of aliphatic carboxylic acids is 1. The second-order valence-electron chi connectivity index (χ2n) is 19.8. The fourth-order valence-corrected chi connectivity index (χ4v) is 11.3. The zero-order chi connectivity index (χ0) is 56.1. The van der Waals surface area contributed by atoms with E-state index in [0.29, 0.717) is 34.9 Å². The van der Waals surface area contributed by atoms with Crippen LogP contribution in [0.1, 0.15) is 59.9 Å². The van der Waals surface area contributed by atoms with Gasteiger partial charge in [-0.1, -0.05) is 103 Å². The Balaban J connectivity index is 0.908. The van der Waals surface area contributed by atoms with E-state index in [2.05, 4.69) is 37.2 Å². The van der Waals surface area contributed by atoms with E-state index >= 15 is 0 Å². The highest BCUT2D eigenvalue weighted by atomic mass is 32.2. The van der Waals surface area contributed by atoms with Gasteiger partial charge in [0.1, 0.15) is 29.9 Å². The molecule has 21 nitrogen and oxygen atoms in total. The molecule has 0 unspecified atom stereocenters. The van der Waals surface area contributed by atoms with Gasteiger partial charge in [0.2, 0.25) is 35.4 Å². The van der Waals surface area contributed by atoms with Crippen molar-refractivity contribution >= 4 is 59.2 Å². The minimum atomic E-state index is -1.55. The number of thioether (sulfide) groups is 1. The number of aromatic hydroxyl groups is 1. The summed E-state index contributed by atoms with van der Waals surface area (Å²) in [6.07, 6.45) is 2.35. The predicted octanol–water partition coefficient (Wildman–Crippen LogP) is 1.62. The molecule has 8 amide bonds. The maximum atomic E-state index is 14.6. The average molecular weight is 1110 g/mol. The summed E-state index contributed by atoms with van der Waals surface area (Å²) in [4.78, 5) is 108. The van der Waals surface area contributed by atoms with E-state index < -0.39 is 72.1 Å². The Kier molecular flexibility index (Phi) is 22.5. The highest BCUT2D eigenvalue weighted by Crippen LogP contribution is 2.33. The molecule has 422 valence electrons. The molecule has 3 aliphatic heterocycles. The zero-order valence-electron chi connectivity index (χ0n) is 43.9. The van der Waals surface area contributed by atoms with Gasteiger partial charge in [0.05, 0.1) is 51.0 Å². The van der Waals surface area contributed by atoms with Gasteiger partial charge in [0, 0.05) is 56.3 Å². The van der Waals surface area contributed by atoms with Crippen LogP contribution in [-0.2, 0) is 75.3 Å². The topological polar surface area (TPSA) is 309 Å². The number of carbonyl (C=O) groups is 8. The first-order chi connectivity index (χ1) is 38.2.